The molecule has 0 spiro atoms. The molecule has 3 atom stereocenters. The van der Waals surface area contributed by atoms with Crippen molar-refractivity contribution >= 4 is 17.2 Å². The molecule has 3 aromatic carbocycles. The van der Waals surface area contributed by atoms with Crippen molar-refractivity contribution in [1.82, 2.24) is 0 Å². The van der Waals surface area contributed by atoms with Gasteiger partial charge in [0.15, 0.2) is 0 Å². The van der Waals surface area contributed by atoms with Gasteiger partial charge in [-0.15, -0.1) is 6.58 Å². The Bertz CT molecular complexity index is 1810. The van der Waals surface area contributed by atoms with Crippen LogP contribution in [0.25, 0.3) is 17.2 Å². The van der Waals surface area contributed by atoms with Gasteiger partial charge in [-0.05, 0) is 100 Å². The van der Waals surface area contributed by atoms with E-state index in [4.69, 9.17) is 0 Å². The van der Waals surface area contributed by atoms with Crippen molar-refractivity contribution in [3.05, 3.63) is 184 Å². The number of allylic oxidation sites excluding steroid dienone is 11. The van der Waals surface area contributed by atoms with Crippen LogP contribution in [0.5, 0.6) is 0 Å². The molecule has 3 aliphatic rings. The average Bonchev–Trinajstić information content (AvgIpc) is 3.03. The molecule has 0 heterocycles. The highest BCUT2D eigenvalue weighted by molar-refractivity contribution is 5.89. The molecule has 0 bridgehead atoms. The molecule has 0 nitrogen and oxygen atoms in total. The van der Waals surface area contributed by atoms with Gasteiger partial charge in [-0.3, -0.25) is 0 Å². The second-order valence-electron chi connectivity index (χ2n) is 11.6. The lowest BCUT2D eigenvalue weighted by molar-refractivity contribution is 0.429. The van der Waals surface area contributed by atoms with E-state index in [0.717, 1.165) is 24.8 Å². The molecule has 0 N–H and O–H groups in total. The molecule has 0 fully saturated rings. The highest BCUT2D eigenvalue weighted by atomic mass is 14.4. The quantitative estimate of drug-likeness (QED) is 0.260. The third kappa shape index (κ3) is 5.07. The maximum Gasteiger partial charge on any atom is 0.0102 e. The highest BCUT2D eigenvalue weighted by Crippen LogP contribution is 2.52. The van der Waals surface area contributed by atoms with Crippen LogP contribution in [0.3, 0.4) is 0 Å². The molecule has 0 radical (unpaired) electrons. The lowest BCUT2D eigenvalue weighted by Crippen LogP contribution is -2.28. The summed E-state index contributed by atoms with van der Waals surface area (Å²) in [5, 5.41) is 2.44. The standard InChI is InChI=1S/C42H40/c1-5-8-16-31-25-26-34(27-29(31)4)42-39-23-13-11-21-37(39)41(38-22-12-14-24-40(38)42)33-19-15-18-32(28-33)35(7-3)36-20-10-9-17-30(36)6-2/h5-7,9-15,17-26,28,34,39,42H,1,3,8,16,27H2,2,4H3/b30-6-,36-35+. The molecule has 0 saturated carbocycles. The molecular weight excluding hydrogens is 504 g/mol. The topological polar surface area (TPSA) is 0 Å². The first-order chi connectivity index (χ1) is 20.6. The number of hydrogen-bond acceptors (Lipinski definition) is 0. The van der Waals surface area contributed by atoms with E-state index in [1.165, 1.54) is 55.0 Å². The first-order valence-corrected chi connectivity index (χ1v) is 15.3. The zero-order valence-electron chi connectivity index (χ0n) is 24.9. The first kappa shape index (κ1) is 27.7. The van der Waals surface area contributed by atoms with Crippen LogP contribution in [0.2, 0.25) is 0 Å². The lowest BCUT2D eigenvalue weighted by Gasteiger charge is -2.41. The second kappa shape index (κ2) is 12.2. The predicted molar refractivity (Wildman–Crippen MR) is 181 cm³/mol. The largest absolute Gasteiger partial charge is 0.103 e. The van der Waals surface area contributed by atoms with Crippen LogP contribution >= 0.6 is 0 Å². The number of benzene rings is 3. The fourth-order valence-corrected chi connectivity index (χ4v) is 7.26. The van der Waals surface area contributed by atoms with Crippen molar-refractivity contribution in [2.24, 2.45) is 11.8 Å². The van der Waals surface area contributed by atoms with Crippen LogP contribution < -0.4 is 10.4 Å². The Morgan fingerprint density at radius 3 is 2.55 bits per heavy atom. The summed E-state index contributed by atoms with van der Waals surface area (Å²) in [5.41, 5.74) is 12.2. The molecular formula is C42H40. The molecule has 3 aliphatic carbocycles. The normalized spacial score (nSPS) is 22.1. The summed E-state index contributed by atoms with van der Waals surface area (Å²) in [5.74, 6) is 1.20. The molecule has 0 amide bonds. The van der Waals surface area contributed by atoms with Crippen molar-refractivity contribution in [2.75, 3.05) is 0 Å². The Labute approximate surface area is 251 Å². The number of rotatable bonds is 7. The fourth-order valence-electron chi connectivity index (χ4n) is 7.26. The van der Waals surface area contributed by atoms with Gasteiger partial charge in [0.1, 0.15) is 0 Å². The molecule has 0 saturated heterocycles. The molecule has 0 aromatic heterocycles. The SMILES string of the molecule is C=CCCC1=C(C)CC(C2c3ccccc3C(c3cccc(/C(C=C)=c4\cccc\c4=C\C)c3)=C3C=CC=CC32)C=C1. The van der Waals surface area contributed by atoms with Gasteiger partial charge in [0.2, 0.25) is 0 Å². The molecule has 42 heavy (non-hydrogen) atoms. The minimum absolute atomic E-state index is 0.332. The van der Waals surface area contributed by atoms with Crippen LogP contribution in [0.1, 0.15) is 61.3 Å². The molecule has 3 aromatic rings. The predicted octanol–water partition coefficient (Wildman–Crippen LogP) is 9.37. The Kier molecular flexibility index (Phi) is 8.06. The van der Waals surface area contributed by atoms with E-state index >= 15 is 0 Å². The van der Waals surface area contributed by atoms with Gasteiger partial charge in [0.25, 0.3) is 0 Å². The van der Waals surface area contributed by atoms with Gasteiger partial charge in [-0.25, -0.2) is 0 Å². The molecule has 3 unspecified atom stereocenters. The summed E-state index contributed by atoms with van der Waals surface area (Å²) in [6.07, 6.45) is 23.6. The van der Waals surface area contributed by atoms with E-state index in [1.54, 1.807) is 0 Å². The summed E-state index contributed by atoms with van der Waals surface area (Å²) in [7, 11) is 0. The molecule has 0 heteroatoms. The fraction of sp³-hybridized carbons (Fsp3) is 0.190. The Morgan fingerprint density at radius 1 is 0.905 bits per heavy atom. The third-order valence-corrected chi connectivity index (χ3v) is 9.27. The highest BCUT2D eigenvalue weighted by Gasteiger charge is 2.38. The van der Waals surface area contributed by atoms with Gasteiger partial charge in [-0.2, -0.15) is 0 Å². The van der Waals surface area contributed by atoms with Crippen molar-refractivity contribution in [1.29, 1.82) is 0 Å². The molecule has 0 aliphatic heterocycles. The number of hydrogen-bond donors (Lipinski definition) is 0. The Balaban J connectivity index is 1.49. The average molecular weight is 545 g/mol. The zero-order valence-corrected chi connectivity index (χ0v) is 24.9. The van der Waals surface area contributed by atoms with Gasteiger partial charge in [0, 0.05) is 11.8 Å². The number of fused-ring (bicyclic) bond motifs is 2. The van der Waals surface area contributed by atoms with Crippen molar-refractivity contribution < 1.29 is 0 Å². The summed E-state index contributed by atoms with van der Waals surface area (Å²) in [6.45, 7) is 12.6. The summed E-state index contributed by atoms with van der Waals surface area (Å²) < 4.78 is 0. The minimum Gasteiger partial charge on any atom is -0.103 e. The Morgan fingerprint density at radius 2 is 1.74 bits per heavy atom. The lowest BCUT2D eigenvalue weighted by atomic mass is 9.63. The van der Waals surface area contributed by atoms with E-state index < -0.39 is 0 Å². The van der Waals surface area contributed by atoms with Crippen LogP contribution in [0, 0.1) is 11.8 Å². The van der Waals surface area contributed by atoms with Gasteiger partial charge in [-0.1, -0.05) is 134 Å². The minimum atomic E-state index is 0.332. The smallest absolute Gasteiger partial charge is 0.0102 e. The summed E-state index contributed by atoms with van der Waals surface area (Å²) >= 11 is 0. The van der Waals surface area contributed by atoms with E-state index in [0.29, 0.717) is 17.8 Å². The van der Waals surface area contributed by atoms with E-state index in [2.05, 4.69) is 142 Å². The third-order valence-electron chi connectivity index (χ3n) is 9.27. The van der Waals surface area contributed by atoms with Gasteiger partial charge >= 0.3 is 0 Å². The first-order valence-electron chi connectivity index (χ1n) is 15.3. The maximum absolute atomic E-state index is 4.22. The van der Waals surface area contributed by atoms with Gasteiger partial charge in [0.05, 0.1) is 0 Å². The summed E-state index contributed by atoms with van der Waals surface area (Å²) in [4.78, 5) is 0. The van der Waals surface area contributed by atoms with Crippen LogP contribution in [-0.4, -0.2) is 0 Å². The van der Waals surface area contributed by atoms with Crippen LogP contribution in [-0.2, 0) is 0 Å². The second-order valence-corrected chi connectivity index (χ2v) is 11.6. The van der Waals surface area contributed by atoms with Crippen LogP contribution in [0.15, 0.2) is 151 Å². The molecule has 6 rings (SSSR count). The monoisotopic (exact) mass is 544 g/mol. The van der Waals surface area contributed by atoms with Crippen molar-refractivity contribution in [3.8, 4) is 0 Å². The maximum atomic E-state index is 4.22. The molecule has 208 valence electrons. The van der Waals surface area contributed by atoms with E-state index in [1.807, 2.05) is 12.2 Å². The van der Waals surface area contributed by atoms with Gasteiger partial charge < -0.3 is 0 Å². The summed E-state index contributed by atoms with van der Waals surface area (Å²) in [6, 6.07) is 26.8. The van der Waals surface area contributed by atoms with E-state index in [9.17, 15) is 0 Å². The Hall–Kier alpha value is -4.42. The van der Waals surface area contributed by atoms with E-state index in [-0.39, 0.29) is 0 Å². The van der Waals surface area contributed by atoms with Crippen LogP contribution in [0.4, 0.5) is 0 Å². The zero-order chi connectivity index (χ0) is 29.1. The van der Waals surface area contributed by atoms with Crippen molar-refractivity contribution in [2.45, 2.75) is 39.0 Å². The van der Waals surface area contributed by atoms with Crippen molar-refractivity contribution in [3.63, 3.8) is 0 Å².